The van der Waals surface area contributed by atoms with Crippen LogP contribution in [0.4, 0.5) is 17.3 Å². The maximum atomic E-state index is 9.75. The van der Waals surface area contributed by atoms with E-state index in [1.807, 2.05) is 0 Å². The summed E-state index contributed by atoms with van der Waals surface area (Å²) >= 11 is 0. The van der Waals surface area contributed by atoms with Gasteiger partial charge in [0.2, 0.25) is 0 Å². The number of halogens is 4. The molecule has 0 aliphatic rings. The van der Waals surface area contributed by atoms with E-state index in [9.17, 15) is 17.3 Å². The lowest BCUT2D eigenvalue weighted by molar-refractivity contribution is -0.987. The van der Waals surface area contributed by atoms with Crippen LogP contribution in [0.2, 0.25) is 0 Å². The van der Waals surface area contributed by atoms with Crippen molar-refractivity contribution < 1.29 is 21.7 Å². The molecule has 0 fully saturated rings. The monoisotopic (exact) mass is 554 g/mol. The van der Waals surface area contributed by atoms with Crippen molar-refractivity contribution in [3.8, 4) is 0 Å². The molecule has 0 aliphatic heterocycles. The molecule has 0 aromatic carbocycles. The molecule has 0 radical (unpaired) electrons. The molecule has 0 aliphatic carbocycles. The lowest BCUT2D eigenvalue weighted by atomic mass is 9.56. The zero-order chi connectivity index (χ0) is 29.6. The Bertz CT molecular complexity index is 480. The molecule has 0 aromatic rings. The SMILES string of the molecule is CCCCC(CC)(CCCC)C(CCCC)(CCCC)[N+](CCCC)(CCCC)CCCC.F[B-](F)(F)F. The van der Waals surface area contributed by atoms with Gasteiger partial charge in [-0.15, -0.1) is 0 Å². The minimum atomic E-state index is -6.00. The van der Waals surface area contributed by atoms with E-state index in [0.29, 0.717) is 11.0 Å². The summed E-state index contributed by atoms with van der Waals surface area (Å²) in [5.41, 5.74) is 0.982. The molecule has 0 rings (SSSR count). The Morgan fingerprint density at radius 3 is 0.947 bits per heavy atom. The van der Waals surface area contributed by atoms with Gasteiger partial charge in [-0.25, -0.2) is 0 Å². The van der Waals surface area contributed by atoms with Gasteiger partial charge in [0.1, 0.15) is 5.54 Å². The number of nitrogens with zero attached hydrogens (tertiary/aromatic N) is 1. The first kappa shape index (κ1) is 39.9. The fraction of sp³-hybridized carbons (Fsp3) is 1.00. The van der Waals surface area contributed by atoms with E-state index in [1.54, 1.807) is 0 Å². The van der Waals surface area contributed by atoms with Crippen LogP contribution < -0.4 is 0 Å². The Morgan fingerprint density at radius 1 is 0.447 bits per heavy atom. The summed E-state index contributed by atoms with van der Waals surface area (Å²) in [4.78, 5) is 0. The van der Waals surface area contributed by atoms with Gasteiger partial charge in [-0.05, 0) is 51.4 Å². The first-order chi connectivity index (χ1) is 18.0. The molecule has 0 amide bonds. The highest BCUT2D eigenvalue weighted by molar-refractivity contribution is 6.50. The minimum absolute atomic E-state index is 0.470. The molecule has 0 saturated carbocycles. The van der Waals surface area contributed by atoms with Gasteiger partial charge in [0.05, 0.1) is 19.6 Å². The van der Waals surface area contributed by atoms with Crippen LogP contribution in [0.1, 0.15) is 177 Å². The van der Waals surface area contributed by atoms with Crippen molar-refractivity contribution >= 4 is 7.25 Å². The predicted octanol–water partition coefficient (Wildman–Crippen LogP) is 12.4. The second kappa shape index (κ2) is 22.4. The molecular formula is C32H68BF4N. The zero-order valence-corrected chi connectivity index (χ0v) is 27.1. The fourth-order valence-electron chi connectivity index (χ4n) is 7.23. The fourth-order valence-corrected chi connectivity index (χ4v) is 7.23. The van der Waals surface area contributed by atoms with Gasteiger partial charge < -0.3 is 21.7 Å². The number of hydrogen-bond acceptors (Lipinski definition) is 0. The van der Waals surface area contributed by atoms with E-state index < -0.39 is 7.25 Å². The largest absolute Gasteiger partial charge is 0.673 e. The standard InChI is InChI=1S/C32H68N.BF4/c1-9-17-24-31(16-8,25-18-10-2)32(26-19-11-3,27-20-12-4)33(28-21-13-5,29-22-14-6)30-23-15-7;2-1(3,4)5/h9-30H2,1-8H3;/q+1;-1. The second-order valence-electron chi connectivity index (χ2n) is 12.0. The molecule has 0 bridgehead atoms. The van der Waals surface area contributed by atoms with Crippen molar-refractivity contribution in [3.05, 3.63) is 0 Å². The first-order valence-corrected chi connectivity index (χ1v) is 16.7. The molecule has 1 nitrogen and oxygen atoms in total. The topological polar surface area (TPSA) is 0 Å². The summed E-state index contributed by atoms with van der Waals surface area (Å²) in [6, 6.07) is 0. The molecule has 0 saturated heterocycles. The third-order valence-corrected chi connectivity index (χ3v) is 9.30. The predicted molar refractivity (Wildman–Crippen MR) is 163 cm³/mol. The summed E-state index contributed by atoms with van der Waals surface area (Å²) in [5, 5.41) is 0. The average molecular weight is 554 g/mol. The van der Waals surface area contributed by atoms with Crippen LogP contribution in [0.25, 0.3) is 0 Å². The van der Waals surface area contributed by atoms with E-state index in [2.05, 4.69) is 55.4 Å². The highest BCUT2D eigenvalue weighted by Gasteiger charge is 2.60. The smallest absolute Gasteiger partial charge is 0.418 e. The van der Waals surface area contributed by atoms with E-state index in [-0.39, 0.29) is 0 Å². The first-order valence-electron chi connectivity index (χ1n) is 16.7. The minimum Gasteiger partial charge on any atom is -0.418 e. The maximum Gasteiger partial charge on any atom is 0.673 e. The van der Waals surface area contributed by atoms with Crippen molar-refractivity contribution in [2.24, 2.45) is 5.41 Å². The highest BCUT2D eigenvalue weighted by Crippen LogP contribution is 2.56. The van der Waals surface area contributed by atoms with Gasteiger partial charge in [-0.2, -0.15) is 0 Å². The van der Waals surface area contributed by atoms with E-state index in [0.717, 1.165) is 0 Å². The van der Waals surface area contributed by atoms with Gasteiger partial charge in [-0.1, -0.05) is 113 Å². The van der Waals surface area contributed by atoms with Gasteiger partial charge in [0.15, 0.2) is 0 Å². The van der Waals surface area contributed by atoms with Gasteiger partial charge in [0, 0.05) is 18.3 Å². The van der Waals surface area contributed by atoms with Crippen molar-refractivity contribution in [1.82, 2.24) is 0 Å². The highest BCUT2D eigenvalue weighted by atomic mass is 19.5. The quantitative estimate of drug-likeness (QED) is 0.0633. The van der Waals surface area contributed by atoms with Crippen LogP contribution in [0.15, 0.2) is 0 Å². The van der Waals surface area contributed by atoms with Crippen LogP contribution in [-0.2, 0) is 0 Å². The molecule has 0 aromatic heterocycles. The van der Waals surface area contributed by atoms with Gasteiger partial charge in [-0.3, -0.25) is 0 Å². The summed E-state index contributed by atoms with van der Waals surface area (Å²) in [6.45, 7) is 23.9. The van der Waals surface area contributed by atoms with Crippen LogP contribution in [0.3, 0.4) is 0 Å². The zero-order valence-electron chi connectivity index (χ0n) is 27.1. The van der Waals surface area contributed by atoms with Crippen molar-refractivity contribution in [2.75, 3.05) is 19.6 Å². The normalized spacial score (nSPS) is 12.9. The molecule has 0 spiro atoms. The summed E-state index contributed by atoms with van der Waals surface area (Å²) in [6.07, 6.45) is 26.7. The summed E-state index contributed by atoms with van der Waals surface area (Å²) in [5.74, 6) is 0. The number of quaternary nitrogens is 1. The third kappa shape index (κ3) is 13.9. The number of unbranched alkanes of at least 4 members (excludes halogenated alkanes) is 7. The Labute approximate surface area is 237 Å². The molecule has 0 heterocycles. The van der Waals surface area contributed by atoms with Crippen LogP contribution in [0.5, 0.6) is 0 Å². The van der Waals surface area contributed by atoms with E-state index in [1.165, 1.54) is 146 Å². The van der Waals surface area contributed by atoms with Crippen molar-refractivity contribution in [3.63, 3.8) is 0 Å². The van der Waals surface area contributed by atoms with Crippen LogP contribution in [0, 0.1) is 5.41 Å². The number of rotatable bonds is 24. The van der Waals surface area contributed by atoms with Crippen molar-refractivity contribution in [2.45, 2.75) is 183 Å². The lowest BCUT2D eigenvalue weighted by Crippen LogP contribution is -2.72. The Morgan fingerprint density at radius 2 is 0.711 bits per heavy atom. The van der Waals surface area contributed by atoms with Crippen LogP contribution in [-0.4, -0.2) is 36.9 Å². The summed E-state index contributed by atoms with van der Waals surface area (Å²) < 4.78 is 40.5. The molecule has 0 atom stereocenters. The Hall–Kier alpha value is -0.255. The number of hydrogen-bond donors (Lipinski definition) is 0. The molecule has 38 heavy (non-hydrogen) atoms. The third-order valence-electron chi connectivity index (χ3n) is 9.30. The maximum absolute atomic E-state index is 9.75. The van der Waals surface area contributed by atoms with E-state index in [4.69, 9.17) is 0 Å². The van der Waals surface area contributed by atoms with Gasteiger partial charge >= 0.3 is 7.25 Å². The molecule has 0 N–H and O–H groups in total. The second-order valence-corrected chi connectivity index (χ2v) is 12.0. The average Bonchev–Trinajstić information content (AvgIpc) is 2.88. The van der Waals surface area contributed by atoms with E-state index >= 15 is 0 Å². The Kier molecular flexibility index (Phi) is 23.5. The summed E-state index contributed by atoms with van der Waals surface area (Å²) in [7, 11) is -6.00. The molecule has 232 valence electrons. The van der Waals surface area contributed by atoms with Crippen molar-refractivity contribution in [1.29, 1.82) is 0 Å². The van der Waals surface area contributed by atoms with Crippen LogP contribution >= 0.6 is 0 Å². The molecular weight excluding hydrogens is 485 g/mol. The molecule has 6 heteroatoms. The Balaban J connectivity index is 0. The van der Waals surface area contributed by atoms with Gasteiger partial charge in [0.25, 0.3) is 0 Å². The molecule has 0 unspecified atom stereocenters. The lowest BCUT2D eigenvalue weighted by Gasteiger charge is -2.63.